The minimum Gasteiger partial charge on any atom is -0.350 e. The number of hydrogen-bond donors (Lipinski definition) is 1. The zero-order valence-corrected chi connectivity index (χ0v) is 10.5. The zero-order chi connectivity index (χ0) is 11.3. The topological polar surface area (TPSA) is 42.0 Å². The molecule has 0 spiro atoms. The molecule has 82 valence electrons. The molecule has 1 N–H and O–H groups in total. The summed E-state index contributed by atoms with van der Waals surface area (Å²) in [7, 11) is 0. The van der Waals surface area contributed by atoms with Crippen molar-refractivity contribution < 1.29 is 4.79 Å². The second-order valence-electron chi connectivity index (χ2n) is 3.59. The predicted octanol–water partition coefficient (Wildman–Crippen LogP) is 2.62. The minimum atomic E-state index is -0.109. The fourth-order valence-corrected chi connectivity index (χ4v) is 1.25. The second kappa shape index (κ2) is 5.85. The number of nitrogens with one attached hydrogen (secondary N) is 1. The maximum atomic E-state index is 11.6. The van der Waals surface area contributed by atoms with Gasteiger partial charge in [0, 0.05) is 17.2 Å². The van der Waals surface area contributed by atoms with Gasteiger partial charge in [0.25, 0.3) is 5.91 Å². The van der Waals surface area contributed by atoms with E-state index in [9.17, 15) is 4.79 Å². The van der Waals surface area contributed by atoms with Crippen molar-refractivity contribution in [3.63, 3.8) is 0 Å². The van der Waals surface area contributed by atoms with E-state index in [1.165, 1.54) is 0 Å². The monoisotopic (exact) mass is 270 g/mol. The van der Waals surface area contributed by atoms with E-state index >= 15 is 0 Å². The molecule has 1 rings (SSSR count). The Hall–Kier alpha value is -0.900. The molecule has 1 heterocycles. The van der Waals surface area contributed by atoms with Crippen LogP contribution in [0, 0.1) is 5.92 Å². The molecular formula is C11H15BrN2O. The van der Waals surface area contributed by atoms with Crippen molar-refractivity contribution in [3.05, 3.63) is 28.5 Å². The molecule has 0 fully saturated rings. The highest BCUT2D eigenvalue weighted by Gasteiger charge is 2.07. The van der Waals surface area contributed by atoms with Gasteiger partial charge in [-0.05, 0) is 34.0 Å². The van der Waals surface area contributed by atoms with Gasteiger partial charge < -0.3 is 5.32 Å². The quantitative estimate of drug-likeness (QED) is 0.914. The van der Waals surface area contributed by atoms with Gasteiger partial charge in [-0.2, -0.15) is 0 Å². The Kier molecular flexibility index (Phi) is 4.75. The maximum absolute atomic E-state index is 11.6. The van der Waals surface area contributed by atoms with E-state index in [2.05, 4.69) is 40.1 Å². The summed E-state index contributed by atoms with van der Waals surface area (Å²) in [6, 6.07) is 3.52. The van der Waals surface area contributed by atoms with E-state index in [0.29, 0.717) is 18.2 Å². The number of carbonyl (C=O) groups is 1. The molecule has 0 aliphatic carbocycles. The number of nitrogens with zero attached hydrogens (tertiary/aromatic N) is 1. The number of carbonyl (C=O) groups excluding carboxylic acids is 1. The van der Waals surface area contributed by atoms with Crippen molar-refractivity contribution in [2.75, 3.05) is 6.54 Å². The van der Waals surface area contributed by atoms with Crippen LogP contribution in [0.2, 0.25) is 0 Å². The number of hydrogen-bond acceptors (Lipinski definition) is 2. The largest absolute Gasteiger partial charge is 0.350 e. The molecule has 1 amide bonds. The summed E-state index contributed by atoms with van der Waals surface area (Å²) in [5.41, 5.74) is 0.460. The molecule has 3 nitrogen and oxygen atoms in total. The number of aromatic nitrogens is 1. The highest BCUT2D eigenvalue weighted by atomic mass is 79.9. The van der Waals surface area contributed by atoms with Crippen molar-refractivity contribution >= 4 is 21.8 Å². The lowest BCUT2D eigenvalue weighted by Crippen LogP contribution is -2.28. The predicted molar refractivity (Wildman–Crippen MR) is 63.7 cm³/mol. The van der Waals surface area contributed by atoms with Crippen molar-refractivity contribution in [3.8, 4) is 0 Å². The summed E-state index contributed by atoms with van der Waals surface area (Å²) in [5, 5.41) is 2.85. The van der Waals surface area contributed by atoms with Gasteiger partial charge in [0.15, 0.2) is 0 Å². The number of rotatable bonds is 4. The van der Waals surface area contributed by atoms with Crippen molar-refractivity contribution in [1.82, 2.24) is 10.3 Å². The lowest BCUT2D eigenvalue weighted by atomic mass is 10.1. The molecule has 0 radical (unpaired) electrons. The number of pyridine rings is 1. The zero-order valence-electron chi connectivity index (χ0n) is 8.96. The Morgan fingerprint density at radius 3 is 2.87 bits per heavy atom. The third-order valence-electron chi connectivity index (χ3n) is 2.27. The van der Waals surface area contributed by atoms with E-state index in [0.717, 1.165) is 10.9 Å². The van der Waals surface area contributed by atoms with Gasteiger partial charge >= 0.3 is 0 Å². The number of amides is 1. The van der Waals surface area contributed by atoms with E-state index in [1.54, 1.807) is 12.3 Å². The third kappa shape index (κ3) is 4.00. The van der Waals surface area contributed by atoms with Crippen LogP contribution in [0.25, 0.3) is 0 Å². The first-order valence-corrected chi connectivity index (χ1v) is 5.82. The number of halogens is 1. The van der Waals surface area contributed by atoms with Gasteiger partial charge in [0.1, 0.15) is 5.69 Å². The summed E-state index contributed by atoms with van der Waals surface area (Å²) in [5.74, 6) is 0.396. The highest BCUT2D eigenvalue weighted by Crippen LogP contribution is 2.07. The molecule has 4 heteroatoms. The van der Waals surface area contributed by atoms with E-state index in [-0.39, 0.29) is 5.91 Å². The van der Waals surface area contributed by atoms with Crippen molar-refractivity contribution in [2.45, 2.75) is 20.3 Å². The third-order valence-corrected chi connectivity index (χ3v) is 2.74. The van der Waals surface area contributed by atoms with Gasteiger partial charge in [0.2, 0.25) is 0 Å². The van der Waals surface area contributed by atoms with Crippen LogP contribution < -0.4 is 5.32 Å². The van der Waals surface area contributed by atoms with Crippen LogP contribution in [0.4, 0.5) is 0 Å². The van der Waals surface area contributed by atoms with Crippen LogP contribution >= 0.6 is 15.9 Å². The van der Waals surface area contributed by atoms with Crippen LogP contribution in [-0.4, -0.2) is 17.4 Å². The average molecular weight is 271 g/mol. The Balaban J connectivity index is 2.50. The second-order valence-corrected chi connectivity index (χ2v) is 4.50. The standard InChI is InChI=1S/C11H15BrN2O/c1-3-8(2)6-14-11(15)10-5-4-9(12)7-13-10/h4-5,7-8H,3,6H2,1-2H3,(H,14,15). The summed E-state index contributed by atoms with van der Waals surface area (Å²) in [6.07, 6.45) is 2.69. The Labute approximate surface area is 98.4 Å². The Bertz CT molecular complexity index is 324. The molecule has 0 saturated heterocycles. The molecule has 15 heavy (non-hydrogen) atoms. The van der Waals surface area contributed by atoms with E-state index in [1.807, 2.05) is 6.07 Å². The minimum absolute atomic E-state index is 0.109. The summed E-state index contributed by atoms with van der Waals surface area (Å²) >= 11 is 3.27. The maximum Gasteiger partial charge on any atom is 0.269 e. The van der Waals surface area contributed by atoms with Gasteiger partial charge in [-0.15, -0.1) is 0 Å². The van der Waals surface area contributed by atoms with Crippen LogP contribution in [-0.2, 0) is 0 Å². The summed E-state index contributed by atoms with van der Waals surface area (Å²) in [6.45, 7) is 4.91. The lowest BCUT2D eigenvalue weighted by molar-refractivity contribution is 0.0943. The molecule has 0 bridgehead atoms. The van der Waals surface area contributed by atoms with Crippen LogP contribution in [0.15, 0.2) is 22.8 Å². The van der Waals surface area contributed by atoms with Crippen LogP contribution in [0.3, 0.4) is 0 Å². The van der Waals surface area contributed by atoms with Crippen molar-refractivity contribution in [1.29, 1.82) is 0 Å². The normalized spacial score (nSPS) is 12.2. The van der Waals surface area contributed by atoms with Gasteiger partial charge in [-0.25, -0.2) is 4.98 Å². The first kappa shape index (κ1) is 12.2. The van der Waals surface area contributed by atoms with E-state index < -0.39 is 0 Å². The Morgan fingerprint density at radius 2 is 2.33 bits per heavy atom. The molecule has 0 aliphatic heterocycles. The molecule has 1 atom stereocenters. The average Bonchev–Trinajstić information content (AvgIpc) is 2.26. The lowest BCUT2D eigenvalue weighted by Gasteiger charge is -2.09. The molecule has 0 aromatic carbocycles. The summed E-state index contributed by atoms with van der Waals surface area (Å²) in [4.78, 5) is 15.6. The van der Waals surface area contributed by atoms with Gasteiger partial charge in [-0.3, -0.25) is 4.79 Å². The SMILES string of the molecule is CCC(C)CNC(=O)c1ccc(Br)cn1. The van der Waals surface area contributed by atoms with Crippen LogP contribution in [0.5, 0.6) is 0 Å². The first-order chi connectivity index (χ1) is 7.13. The fourth-order valence-electron chi connectivity index (χ4n) is 1.01. The fraction of sp³-hybridized carbons (Fsp3) is 0.455. The van der Waals surface area contributed by atoms with Gasteiger partial charge in [0.05, 0.1) is 0 Å². The highest BCUT2D eigenvalue weighted by molar-refractivity contribution is 9.10. The smallest absolute Gasteiger partial charge is 0.269 e. The molecule has 1 aromatic heterocycles. The molecule has 0 aliphatic rings. The Morgan fingerprint density at radius 1 is 1.60 bits per heavy atom. The summed E-state index contributed by atoms with van der Waals surface area (Å²) < 4.78 is 0.876. The first-order valence-electron chi connectivity index (χ1n) is 5.03. The molecule has 1 unspecified atom stereocenters. The molecule has 0 saturated carbocycles. The van der Waals surface area contributed by atoms with Crippen molar-refractivity contribution in [2.24, 2.45) is 5.92 Å². The molecular weight excluding hydrogens is 256 g/mol. The van der Waals surface area contributed by atoms with E-state index in [4.69, 9.17) is 0 Å². The van der Waals surface area contributed by atoms with Crippen LogP contribution in [0.1, 0.15) is 30.8 Å². The molecule has 1 aromatic rings. The van der Waals surface area contributed by atoms with Gasteiger partial charge in [-0.1, -0.05) is 20.3 Å².